The number of rotatable bonds is 7. The molecule has 2 fully saturated rings. The van der Waals surface area contributed by atoms with Crippen LogP contribution < -0.4 is 5.59 Å². The molecule has 0 aliphatic carbocycles. The van der Waals surface area contributed by atoms with Gasteiger partial charge in [-0.05, 0) is 33.7 Å². The van der Waals surface area contributed by atoms with E-state index in [0.717, 1.165) is 13.1 Å². The summed E-state index contributed by atoms with van der Waals surface area (Å²) < 4.78 is 5.02. The van der Waals surface area contributed by atoms with Crippen LogP contribution in [-0.2, 0) is 9.57 Å². The van der Waals surface area contributed by atoms with Gasteiger partial charge in [-0.15, -0.1) is 5.59 Å². The Bertz CT molecular complexity index is 322. The lowest BCUT2D eigenvalue weighted by Gasteiger charge is -2.47. The Morgan fingerprint density at radius 3 is 2.36 bits per heavy atom. The number of nitrogens with zero attached hydrogens (tertiary/aromatic N) is 3. The summed E-state index contributed by atoms with van der Waals surface area (Å²) in [6.07, 6.45) is 3.83. The Morgan fingerprint density at radius 1 is 1.14 bits per heavy atom. The lowest BCUT2D eigenvalue weighted by molar-refractivity contribution is -0.108. The summed E-state index contributed by atoms with van der Waals surface area (Å²) in [7, 11) is 2.24. The van der Waals surface area contributed by atoms with Crippen molar-refractivity contribution in [3.63, 3.8) is 0 Å². The second-order valence-electron chi connectivity index (χ2n) is 6.51. The molecule has 2 rings (SSSR count). The Morgan fingerprint density at radius 2 is 1.77 bits per heavy atom. The van der Waals surface area contributed by atoms with Gasteiger partial charge in [-0.3, -0.25) is 14.6 Å². The lowest BCUT2D eigenvalue weighted by atomic mass is 10.00. The van der Waals surface area contributed by atoms with Gasteiger partial charge < -0.3 is 4.74 Å². The second kappa shape index (κ2) is 8.84. The molecule has 0 aromatic rings. The summed E-state index contributed by atoms with van der Waals surface area (Å²) in [6.45, 7) is 13.7. The molecule has 2 saturated heterocycles. The first-order chi connectivity index (χ1) is 10.6. The first-order valence-electron chi connectivity index (χ1n) is 8.42. The molecule has 2 aliphatic rings. The molecule has 0 aromatic carbocycles. The monoisotopic (exact) mass is 312 g/mol. The standard InChI is InChI=1S/C16H32N4O2/c1-5-21-10-11-22-17-20-8-6-16(7-9-20)19-12-14(2)18(4)15(3)13-19/h5,14-17H,1,6-13H2,2-4H3. The number of likely N-dealkylation sites (N-methyl/N-ethyl adjacent to an activating group) is 1. The van der Waals surface area contributed by atoms with E-state index in [2.05, 4.69) is 47.9 Å². The Hall–Kier alpha value is -0.660. The van der Waals surface area contributed by atoms with E-state index in [1.807, 2.05) is 0 Å². The third-order valence-corrected chi connectivity index (χ3v) is 4.98. The molecule has 0 amide bonds. The number of piperidine rings is 1. The third kappa shape index (κ3) is 4.93. The zero-order chi connectivity index (χ0) is 15.9. The summed E-state index contributed by atoms with van der Waals surface area (Å²) in [5, 5.41) is 2.16. The molecule has 0 aromatic heterocycles. The van der Waals surface area contributed by atoms with E-state index < -0.39 is 0 Å². The van der Waals surface area contributed by atoms with Crippen LogP contribution in [0.25, 0.3) is 0 Å². The highest BCUT2D eigenvalue weighted by Crippen LogP contribution is 2.21. The zero-order valence-corrected chi connectivity index (χ0v) is 14.3. The molecule has 6 heteroatoms. The molecule has 2 aliphatic heterocycles. The van der Waals surface area contributed by atoms with Crippen LogP contribution in [0.15, 0.2) is 12.8 Å². The van der Waals surface area contributed by atoms with Gasteiger partial charge in [0.25, 0.3) is 0 Å². The van der Waals surface area contributed by atoms with Crippen LogP contribution in [0.3, 0.4) is 0 Å². The minimum atomic E-state index is 0.527. The SMILES string of the molecule is C=COCCONN1CCC(N2CC(C)N(C)C(C)C2)CC1. The molecular weight excluding hydrogens is 280 g/mol. The molecule has 2 atom stereocenters. The van der Waals surface area contributed by atoms with Crippen molar-refractivity contribution in [2.75, 3.05) is 46.4 Å². The van der Waals surface area contributed by atoms with Gasteiger partial charge in [0.2, 0.25) is 0 Å². The number of ether oxygens (including phenoxy) is 1. The van der Waals surface area contributed by atoms with Crippen molar-refractivity contribution in [2.24, 2.45) is 0 Å². The quantitative estimate of drug-likeness (QED) is 0.431. The Kier molecular flexibility index (Phi) is 7.11. The first-order valence-corrected chi connectivity index (χ1v) is 8.42. The number of hydrogen-bond donors (Lipinski definition) is 1. The maximum absolute atomic E-state index is 5.39. The average Bonchev–Trinajstić information content (AvgIpc) is 2.52. The molecule has 6 nitrogen and oxygen atoms in total. The van der Waals surface area contributed by atoms with Crippen molar-refractivity contribution in [1.29, 1.82) is 0 Å². The third-order valence-electron chi connectivity index (χ3n) is 4.98. The van der Waals surface area contributed by atoms with E-state index in [-0.39, 0.29) is 0 Å². The maximum atomic E-state index is 5.39. The van der Waals surface area contributed by atoms with Crippen molar-refractivity contribution in [3.8, 4) is 0 Å². The van der Waals surface area contributed by atoms with Crippen LogP contribution in [-0.4, -0.2) is 79.4 Å². The van der Waals surface area contributed by atoms with Crippen LogP contribution in [0.1, 0.15) is 26.7 Å². The summed E-state index contributed by atoms with van der Waals surface area (Å²) in [4.78, 5) is 10.6. The van der Waals surface area contributed by atoms with Crippen LogP contribution in [0.2, 0.25) is 0 Å². The predicted octanol–water partition coefficient (Wildman–Crippen LogP) is 1.07. The van der Waals surface area contributed by atoms with Gasteiger partial charge in [-0.1, -0.05) is 6.58 Å². The van der Waals surface area contributed by atoms with Crippen molar-refractivity contribution >= 4 is 0 Å². The van der Waals surface area contributed by atoms with E-state index in [0.29, 0.717) is 31.3 Å². The highest BCUT2D eigenvalue weighted by molar-refractivity contribution is 4.88. The van der Waals surface area contributed by atoms with E-state index in [9.17, 15) is 0 Å². The van der Waals surface area contributed by atoms with Crippen molar-refractivity contribution in [2.45, 2.75) is 44.8 Å². The Labute approximate surface area is 134 Å². The van der Waals surface area contributed by atoms with Crippen LogP contribution in [0.5, 0.6) is 0 Å². The molecule has 0 radical (unpaired) electrons. The smallest absolute Gasteiger partial charge is 0.113 e. The van der Waals surface area contributed by atoms with Crippen molar-refractivity contribution in [1.82, 2.24) is 20.4 Å². The van der Waals surface area contributed by atoms with Crippen LogP contribution in [0, 0.1) is 0 Å². The highest BCUT2D eigenvalue weighted by atomic mass is 16.7. The van der Waals surface area contributed by atoms with Crippen molar-refractivity contribution < 1.29 is 9.57 Å². The fourth-order valence-electron chi connectivity index (χ4n) is 3.38. The topological polar surface area (TPSA) is 40.2 Å². The Balaban J connectivity index is 1.65. The molecule has 22 heavy (non-hydrogen) atoms. The fourth-order valence-corrected chi connectivity index (χ4v) is 3.38. The average molecular weight is 312 g/mol. The van der Waals surface area contributed by atoms with Gasteiger partial charge in [0.05, 0.1) is 6.26 Å². The predicted molar refractivity (Wildman–Crippen MR) is 88.1 cm³/mol. The van der Waals surface area contributed by atoms with Crippen LogP contribution in [0.4, 0.5) is 0 Å². The molecular formula is C16H32N4O2. The zero-order valence-electron chi connectivity index (χ0n) is 14.3. The largest absolute Gasteiger partial charge is 0.499 e. The van der Waals surface area contributed by atoms with Crippen LogP contribution >= 0.6 is 0 Å². The van der Waals surface area contributed by atoms with Gasteiger partial charge in [0.1, 0.15) is 13.2 Å². The summed E-state index contributed by atoms with van der Waals surface area (Å²) in [5.74, 6) is 0. The molecule has 128 valence electrons. The summed E-state index contributed by atoms with van der Waals surface area (Å²) in [5.41, 5.74) is 3.02. The molecule has 2 unspecified atom stereocenters. The van der Waals surface area contributed by atoms with E-state index in [1.54, 1.807) is 0 Å². The summed E-state index contributed by atoms with van der Waals surface area (Å²) in [6, 6.07) is 2.00. The molecule has 2 heterocycles. The summed E-state index contributed by atoms with van der Waals surface area (Å²) >= 11 is 0. The first kappa shape index (κ1) is 17.7. The normalized spacial score (nSPS) is 29.6. The second-order valence-corrected chi connectivity index (χ2v) is 6.51. The fraction of sp³-hybridized carbons (Fsp3) is 0.875. The van der Waals surface area contributed by atoms with Gasteiger partial charge in [0.15, 0.2) is 0 Å². The maximum Gasteiger partial charge on any atom is 0.113 e. The van der Waals surface area contributed by atoms with Gasteiger partial charge in [-0.2, -0.15) is 0 Å². The molecule has 1 N–H and O–H groups in total. The number of hydrogen-bond acceptors (Lipinski definition) is 6. The minimum absolute atomic E-state index is 0.527. The number of hydrazine groups is 1. The highest BCUT2D eigenvalue weighted by Gasteiger charge is 2.32. The molecule has 0 spiro atoms. The van der Waals surface area contributed by atoms with Gasteiger partial charge >= 0.3 is 0 Å². The number of nitrogens with one attached hydrogen (secondary N) is 1. The van der Waals surface area contributed by atoms with E-state index in [4.69, 9.17) is 9.57 Å². The van der Waals surface area contributed by atoms with Crippen molar-refractivity contribution in [3.05, 3.63) is 12.8 Å². The number of piperazine rings is 1. The van der Waals surface area contributed by atoms with Gasteiger partial charge in [-0.25, -0.2) is 5.01 Å². The van der Waals surface area contributed by atoms with E-state index in [1.165, 1.54) is 32.2 Å². The van der Waals surface area contributed by atoms with Gasteiger partial charge in [0, 0.05) is 44.3 Å². The van der Waals surface area contributed by atoms with E-state index >= 15 is 0 Å². The molecule has 0 bridgehead atoms. The lowest BCUT2D eigenvalue weighted by Crippen LogP contribution is -2.59. The minimum Gasteiger partial charge on any atom is -0.499 e. The molecule has 0 saturated carbocycles.